The van der Waals surface area contributed by atoms with E-state index in [-0.39, 0.29) is 17.6 Å². The Morgan fingerprint density at radius 3 is 2.31 bits per heavy atom. The molecule has 178 valence electrons. The van der Waals surface area contributed by atoms with Crippen molar-refractivity contribution >= 4 is 29.3 Å². The van der Waals surface area contributed by atoms with Crippen molar-refractivity contribution in [3.8, 4) is 11.5 Å². The molecule has 0 fully saturated rings. The lowest BCUT2D eigenvalue weighted by atomic mass is 10.1. The number of thioether (sulfide) groups is 1. The zero-order valence-corrected chi connectivity index (χ0v) is 20.5. The number of ether oxygens (including phenoxy) is 1. The maximum atomic E-state index is 12.9. The molecule has 0 saturated carbocycles. The van der Waals surface area contributed by atoms with E-state index in [4.69, 9.17) is 9.15 Å². The van der Waals surface area contributed by atoms with Gasteiger partial charge in [0.05, 0.1) is 11.3 Å². The molecule has 1 amide bonds. The minimum Gasteiger partial charge on any atom is -0.449 e. The van der Waals surface area contributed by atoms with Gasteiger partial charge in [-0.25, -0.2) is 4.79 Å². The van der Waals surface area contributed by atoms with Gasteiger partial charge in [-0.2, -0.15) is 0 Å². The molecular weight excluding hydrogens is 462 g/mol. The number of aryl methyl sites for hydroxylation is 2. The predicted octanol–water partition coefficient (Wildman–Crippen LogP) is 6.00. The molecule has 1 atom stereocenters. The Morgan fingerprint density at radius 1 is 0.943 bits per heavy atom. The van der Waals surface area contributed by atoms with E-state index in [1.54, 1.807) is 25.1 Å². The second-order valence-electron chi connectivity index (χ2n) is 8.06. The van der Waals surface area contributed by atoms with E-state index < -0.39 is 12.1 Å². The molecule has 1 heterocycles. The molecule has 4 aromatic rings. The van der Waals surface area contributed by atoms with Gasteiger partial charge in [-0.3, -0.25) is 4.79 Å². The molecule has 3 aromatic carbocycles. The minimum absolute atomic E-state index is 0.150. The number of esters is 1. The first kappa shape index (κ1) is 24.2. The Hall–Kier alpha value is -3.91. The van der Waals surface area contributed by atoms with Crippen molar-refractivity contribution < 1.29 is 18.7 Å². The summed E-state index contributed by atoms with van der Waals surface area (Å²) in [5.41, 5.74) is 4.13. The molecule has 0 aliphatic heterocycles. The molecule has 8 heteroatoms. The van der Waals surface area contributed by atoms with Gasteiger partial charge in [0.1, 0.15) is 0 Å². The first-order valence-electron chi connectivity index (χ1n) is 11.1. The molecule has 4 rings (SSSR count). The molecule has 0 aliphatic rings. The number of benzene rings is 3. The molecule has 1 N–H and O–H groups in total. The van der Waals surface area contributed by atoms with Crippen LogP contribution < -0.4 is 5.32 Å². The molecule has 0 aliphatic carbocycles. The van der Waals surface area contributed by atoms with Crippen LogP contribution in [-0.2, 0) is 9.53 Å². The second-order valence-corrected chi connectivity index (χ2v) is 9.08. The van der Waals surface area contributed by atoms with Gasteiger partial charge in [0, 0.05) is 16.1 Å². The fourth-order valence-corrected chi connectivity index (χ4v) is 4.06. The summed E-state index contributed by atoms with van der Waals surface area (Å²) in [5, 5.41) is 11.0. The second kappa shape index (κ2) is 11.0. The third-order valence-electron chi connectivity index (χ3n) is 5.17. The lowest BCUT2D eigenvalue weighted by molar-refractivity contribution is -0.113. The van der Waals surface area contributed by atoms with E-state index in [1.165, 1.54) is 11.8 Å². The van der Waals surface area contributed by atoms with Crippen LogP contribution in [0.15, 0.2) is 82.1 Å². The van der Waals surface area contributed by atoms with E-state index in [0.717, 1.165) is 22.4 Å². The summed E-state index contributed by atoms with van der Waals surface area (Å²) < 4.78 is 11.3. The summed E-state index contributed by atoms with van der Waals surface area (Å²) in [6, 6.07) is 22.3. The topological polar surface area (TPSA) is 94.3 Å². The van der Waals surface area contributed by atoms with E-state index in [9.17, 15) is 9.59 Å². The maximum absolute atomic E-state index is 12.9. The Kier molecular flexibility index (Phi) is 7.62. The summed E-state index contributed by atoms with van der Waals surface area (Å²) in [4.78, 5) is 25.9. The van der Waals surface area contributed by atoms with Crippen molar-refractivity contribution in [3.63, 3.8) is 0 Å². The van der Waals surface area contributed by atoms with Crippen LogP contribution in [0.2, 0.25) is 0 Å². The molecule has 0 radical (unpaired) electrons. The molecule has 1 aromatic heterocycles. The van der Waals surface area contributed by atoms with Gasteiger partial charge < -0.3 is 14.5 Å². The number of rotatable bonds is 8. The average Bonchev–Trinajstić information content (AvgIpc) is 3.35. The zero-order valence-electron chi connectivity index (χ0n) is 19.6. The van der Waals surface area contributed by atoms with E-state index in [0.29, 0.717) is 16.3 Å². The fraction of sp³-hybridized carbons (Fsp3) is 0.185. The van der Waals surface area contributed by atoms with E-state index >= 15 is 0 Å². The highest BCUT2D eigenvalue weighted by Gasteiger charge is 2.22. The van der Waals surface area contributed by atoms with Crippen molar-refractivity contribution in [3.05, 3.63) is 95.4 Å². The average molecular weight is 488 g/mol. The van der Waals surface area contributed by atoms with E-state index in [2.05, 4.69) is 15.5 Å². The van der Waals surface area contributed by atoms with Crippen LogP contribution in [0.1, 0.15) is 40.4 Å². The van der Waals surface area contributed by atoms with Crippen LogP contribution in [0.25, 0.3) is 11.5 Å². The van der Waals surface area contributed by atoms with Crippen LogP contribution >= 0.6 is 11.8 Å². The summed E-state index contributed by atoms with van der Waals surface area (Å²) in [6.07, 6.45) is -0.739. The van der Waals surface area contributed by atoms with Gasteiger partial charge >= 0.3 is 5.97 Å². The Bertz CT molecular complexity index is 1320. The monoisotopic (exact) mass is 487 g/mol. The Balaban J connectivity index is 1.38. The first-order chi connectivity index (χ1) is 16.9. The molecule has 0 spiro atoms. The third-order valence-corrected chi connectivity index (χ3v) is 6.25. The number of carbonyl (C=O) groups excluding carboxylic acids is 2. The number of hydrogen-bond donors (Lipinski definition) is 1. The lowest BCUT2D eigenvalue weighted by Crippen LogP contribution is -2.15. The van der Waals surface area contributed by atoms with Crippen LogP contribution in [0, 0.1) is 13.8 Å². The largest absolute Gasteiger partial charge is 0.449 e. The van der Waals surface area contributed by atoms with Gasteiger partial charge in [-0.05, 0) is 57.2 Å². The van der Waals surface area contributed by atoms with Crippen molar-refractivity contribution in [1.82, 2.24) is 10.2 Å². The van der Waals surface area contributed by atoms with Gasteiger partial charge in [-0.1, -0.05) is 47.5 Å². The molecule has 35 heavy (non-hydrogen) atoms. The summed E-state index contributed by atoms with van der Waals surface area (Å²) in [6.45, 7) is 5.66. The smallest absolute Gasteiger partial charge is 0.340 e. The van der Waals surface area contributed by atoms with Crippen LogP contribution in [0.4, 0.5) is 5.69 Å². The third kappa shape index (κ3) is 6.36. The highest BCUT2D eigenvalue weighted by molar-refractivity contribution is 8.00. The van der Waals surface area contributed by atoms with Crippen LogP contribution in [0.3, 0.4) is 0 Å². The summed E-state index contributed by atoms with van der Waals surface area (Å²) in [7, 11) is 0. The highest BCUT2D eigenvalue weighted by Crippen LogP contribution is 2.27. The van der Waals surface area contributed by atoms with Crippen molar-refractivity contribution in [2.75, 3.05) is 11.1 Å². The Labute approximate surface area is 207 Å². The number of amides is 1. The van der Waals surface area contributed by atoms with Crippen molar-refractivity contribution in [2.45, 2.75) is 31.8 Å². The molecular formula is C27H25N3O4S. The standard InChI is InChI=1S/C27H25N3O4S/c1-17-8-12-20(13-9-17)26-30-29-25(34-26)19(3)33-27(32)22-6-4-5-7-23(22)35-16-24(31)28-21-14-10-18(2)11-15-21/h4-15,19H,16H2,1-3H3,(H,28,31). The lowest BCUT2D eigenvalue weighted by Gasteiger charge is -2.12. The maximum Gasteiger partial charge on any atom is 0.340 e. The van der Waals surface area contributed by atoms with Crippen molar-refractivity contribution in [1.29, 1.82) is 0 Å². The molecule has 0 bridgehead atoms. The normalized spacial score (nSPS) is 11.6. The molecule has 0 saturated heterocycles. The highest BCUT2D eigenvalue weighted by atomic mass is 32.2. The summed E-state index contributed by atoms with van der Waals surface area (Å²) >= 11 is 1.27. The number of anilines is 1. The van der Waals surface area contributed by atoms with Gasteiger partial charge in [0.15, 0.2) is 6.10 Å². The predicted molar refractivity (Wildman–Crippen MR) is 135 cm³/mol. The van der Waals surface area contributed by atoms with Crippen molar-refractivity contribution in [2.24, 2.45) is 0 Å². The molecule has 7 nitrogen and oxygen atoms in total. The van der Waals surface area contributed by atoms with Crippen LogP contribution in [0.5, 0.6) is 0 Å². The molecule has 1 unspecified atom stereocenters. The number of nitrogens with one attached hydrogen (secondary N) is 1. The first-order valence-corrected chi connectivity index (χ1v) is 12.1. The number of hydrogen-bond acceptors (Lipinski definition) is 7. The summed E-state index contributed by atoms with van der Waals surface area (Å²) in [5.74, 6) is 0.0200. The van der Waals surface area contributed by atoms with Gasteiger partial charge in [0.2, 0.25) is 11.8 Å². The van der Waals surface area contributed by atoms with Gasteiger partial charge in [-0.15, -0.1) is 22.0 Å². The van der Waals surface area contributed by atoms with Gasteiger partial charge in [0.25, 0.3) is 5.89 Å². The number of nitrogens with zero attached hydrogens (tertiary/aromatic N) is 2. The SMILES string of the molecule is Cc1ccc(NC(=O)CSc2ccccc2C(=O)OC(C)c2nnc(-c3ccc(C)cc3)o2)cc1. The zero-order chi connectivity index (χ0) is 24.8. The van der Waals surface area contributed by atoms with Crippen LogP contribution in [-0.4, -0.2) is 27.8 Å². The fourth-order valence-electron chi connectivity index (χ4n) is 3.22. The van der Waals surface area contributed by atoms with E-state index in [1.807, 2.05) is 68.4 Å². The number of aromatic nitrogens is 2. The number of carbonyl (C=O) groups is 2. The Morgan fingerprint density at radius 2 is 1.60 bits per heavy atom. The quantitative estimate of drug-likeness (QED) is 0.240. The minimum atomic E-state index is -0.739.